The highest BCUT2D eigenvalue weighted by Crippen LogP contribution is 2.50. The van der Waals surface area contributed by atoms with Gasteiger partial charge in [0.05, 0.1) is 0 Å². The Hall–Kier alpha value is -3.86. The molecule has 0 unspecified atom stereocenters. The average molecular weight is 493 g/mol. The van der Waals surface area contributed by atoms with Crippen molar-refractivity contribution in [2.24, 2.45) is 0 Å². The van der Waals surface area contributed by atoms with Crippen LogP contribution in [0.4, 0.5) is 0 Å². The van der Waals surface area contributed by atoms with Crippen LogP contribution in [0.2, 0.25) is 0 Å². The summed E-state index contributed by atoms with van der Waals surface area (Å²) in [6.45, 7) is 7.73. The number of hydrogen-bond acceptors (Lipinski definition) is 4. The quantitative estimate of drug-likeness (QED) is 0.331. The maximum Gasteiger partial charge on any atom is 0.230 e. The van der Waals surface area contributed by atoms with Crippen molar-refractivity contribution in [3.05, 3.63) is 153 Å². The van der Waals surface area contributed by atoms with Gasteiger partial charge in [0.2, 0.25) is 6.79 Å². The van der Waals surface area contributed by atoms with E-state index in [0.717, 1.165) is 22.3 Å². The van der Waals surface area contributed by atoms with Crippen LogP contribution in [0.5, 0.6) is 0 Å². The molecule has 0 saturated heterocycles. The molecular weight excluding hydrogens is 460 g/mol. The predicted molar refractivity (Wildman–Crippen MR) is 145 cm³/mol. The number of rotatable bonds is 6. The summed E-state index contributed by atoms with van der Waals surface area (Å²) in [7, 11) is 0. The van der Waals surface area contributed by atoms with Gasteiger partial charge < -0.3 is 19.7 Å². The Morgan fingerprint density at radius 1 is 0.459 bits per heavy atom. The fourth-order valence-corrected chi connectivity index (χ4v) is 5.51. The summed E-state index contributed by atoms with van der Waals surface area (Å²) in [5.74, 6) is 0.371. The van der Waals surface area contributed by atoms with E-state index in [1.54, 1.807) is 0 Å². The van der Waals surface area contributed by atoms with Crippen LogP contribution < -0.4 is 0 Å². The minimum atomic E-state index is -1.71. The second-order valence-corrected chi connectivity index (χ2v) is 9.75. The first kappa shape index (κ1) is 24.8. The van der Waals surface area contributed by atoms with Crippen LogP contribution in [0, 0.1) is 27.7 Å². The number of aryl methyl sites for hydroxylation is 4. The monoisotopic (exact) mass is 492 g/mol. The smallest absolute Gasteiger partial charge is 0.230 e. The molecule has 0 spiro atoms. The van der Waals surface area contributed by atoms with Gasteiger partial charge in [0.15, 0.2) is 22.7 Å². The topological polar surface area (TPSA) is 58.9 Å². The molecule has 4 aromatic rings. The third-order valence-corrected chi connectivity index (χ3v) is 7.41. The average Bonchev–Trinajstić information content (AvgIpc) is 3.40. The number of hydrogen-bond donors (Lipinski definition) is 2. The molecule has 4 heteroatoms. The Balaban J connectivity index is 1.90. The number of ether oxygens (including phenoxy) is 2. The van der Waals surface area contributed by atoms with Crippen molar-refractivity contribution in [2.45, 2.75) is 38.9 Å². The fourth-order valence-electron chi connectivity index (χ4n) is 5.51. The first-order chi connectivity index (χ1) is 17.8. The van der Waals surface area contributed by atoms with Crippen LogP contribution in [-0.2, 0) is 20.7 Å². The second kappa shape index (κ2) is 9.55. The Bertz CT molecular complexity index is 1280. The standard InChI is InChI=1S/C33H32O4/c1-22-13-5-9-17-26(22)32(34,27-18-10-6-14-23(27)2)30-31(37-21-36-30)33(35,28-19-11-7-15-24(28)3)29-20-12-8-16-25(29)4/h5-20,34-35H,21H2,1-4H3. The Morgan fingerprint density at radius 2 is 0.703 bits per heavy atom. The zero-order valence-corrected chi connectivity index (χ0v) is 21.7. The lowest BCUT2D eigenvalue weighted by Gasteiger charge is -2.36. The third-order valence-electron chi connectivity index (χ3n) is 7.41. The van der Waals surface area contributed by atoms with Crippen molar-refractivity contribution in [3.8, 4) is 0 Å². The molecule has 4 nitrogen and oxygen atoms in total. The minimum Gasteiger partial charge on any atom is -0.454 e. The first-order valence-corrected chi connectivity index (χ1v) is 12.5. The molecule has 1 heterocycles. The van der Waals surface area contributed by atoms with E-state index in [4.69, 9.17) is 9.47 Å². The maximum atomic E-state index is 12.8. The number of benzene rings is 4. The van der Waals surface area contributed by atoms with Crippen molar-refractivity contribution in [3.63, 3.8) is 0 Å². The normalized spacial score (nSPS) is 13.9. The van der Waals surface area contributed by atoms with Gasteiger partial charge >= 0.3 is 0 Å². The molecule has 0 fully saturated rings. The van der Waals surface area contributed by atoms with E-state index in [-0.39, 0.29) is 18.3 Å². The Kier molecular flexibility index (Phi) is 6.40. The summed E-state index contributed by atoms with van der Waals surface area (Å²) in [4.78, 5) is 0. The molecular formula is C33H32O4. The highest BCUT2D eigenvalue weighted by atomic mass is 16.7. The summed E-state index contributed by atoms with van der Waals surface area (Å²) in [5.41, 5.74) is 2.83. The number of aliphatic hydroxyl groups is 2. The molecule has 1 aliphatic heterocycles. The summed E-state index contributed by atoms with van der Waals surface area (Å²) in [5, 5.41) is 25.6. The lowest BCUT2D eigenvalue weighted by molar-refractivity contribution is 0.00194. The Morgan fingerprint density at radius 3 is 0.946 bits per heavy atom. The van der Waals surface area contributed by atoms with Crippen LogP contribution in [0.3, 0.4) is 0 Å². The lowest BCUT2D eigenvalue weighted by atomic mass is 9.75. The van der Waals surface area contributed by atoms with Crippen molar-refractivity contribution >= 4 is 0 Å². The molecule has 0 atom stereocenters. The van der Waals surface area contributed by atoms with Gasteiger partial charge in [-0.2, -0.15) is 0 Å². The minimum absolute atomic E-state index is 0.120. The molecule has 5 rings (SSSR count). The van der Waals surface area contributed by atoms with Gasteiger partial charge in [0.25, 0.3) is 0 Å². The van der Waals surface area contributed by atoms with E-state index in [2.05, 4.69) is 0 Å². The van der Waals surface area contributed by atoms with E-state index in [9.17, 15) is 10.2 Å². The van der Waals surface area contributed by atoms with E-state index in [1.807, 2.05) is 125 Å². The van der Waals surface area contributed by atoms with Gasteiger partial charge in [0, 0.05) is 0 Å². The molecule has 1 aliphatic rings. The molecule has 188 valence electrons. The summed E-state index contributed by atoms with van der Waals surface area (Å²) < 4.78 is 12.3. The Labute approximate surface area is 218 Å². The second-order valence-electron chi connectivity index (χ2n) is 9.75. The van der Waals surface area contributed by atoms with Gasteiger partial charge in [-0.25, -0.2) is 0 Å². The van der Waals surface area contributed by atoms with Crippen LogP contribution in [0.15, 0.2) is 109 Å². The van der Waals surface area contributed by atoms with E-state index in [1.165, 1.54) is 0 Å². The van der Waals surface area contributed by atoms with Crippen molar-refractivity contribution < 1.29 is 19.7 Å². The van der Waals surface area contributed by atoms with Gasteiger partial charge in [0.1, 0.15) is 0 Å². The summed E-state index contributed by atoms with van der Waals surface area (Å²) in [6.07, 6.45) is 0. The van der Waals surface area contributed by atoms with Gasteiger partial charge in [-0.15, -0.1) is 0 Å². The maximum absolute atomic E-state index is 12.8. The van der Waals surface area contributed by atoms with Gasteiger partial charge in [-0.3, -0.25) is 0 Å². The molecule has 4 aromatic carbocycles. The van der Waals surface area contributed by atoms with E-state index < -0.39 is 11.2 Å². The predicted octanol–water partition coefficient (Wildman–Crippen LogP) is 6.31. The van der Waals surface area contributed by atoms with Crippen LogP contribution >= 0.6 is 0 Å². The molecule has 0 aromatic heterocycles. The fraction of sp³-hybridized carbons (Fsp3) is 0.212. The molecule has 0 saturated carbocycles. The van der Waals surface area contributed by atoms with E-state index in [0.29, 0.717) is 22.3 Å². The highest BCUT2D eigenvalue weighted by Gasteiger charge is 2.52. The lowest BCUT2D eigenvalue weighted by Crippen LogP contribution is -2.38. The largest absolute Gasteiger partial charge is 0.454 e. The molecule has 0 aliphatic carbocycles. The van der Waals surface area contributed by atoms with Crippen molar-refractivity contribution in [2.75, 3.05) is 6.79 Å². The molecule has 2 N–H and O–H groups in total. The van der Waals surface area contributed by atoms with E-state index >= 15 is 0 Å². The first-order valence-electron chi connectivity index (χ1n) is 12.5. The third kappa shape index (κ3) is 3.93. The molecule has 0 bridgehead atoms. The van der Waals surface area contributed by atoms with Crippen LogP contribution in [0.25, 0.3) is 0 Å². The van der Waals surface area contributed by atoms with Crippen molar-refractivity contribution in [1.29, 1.82) is 0 Å². The van der Waals surface area contributed by atoms with Gasteiger partial charge in [-0.05, 0) is 72.2 Å². The molecule has 37 heavy (non-hydrogen) atoms. The zero-order chi connectivity index (χ0) is 26.2. The molecule has 0 amide bonds. The van der Waals surface area contributed by atoms with Crippen molar-refractivity contribution in [1.82, 2.24) is 0 Å². The molecule has 0 radical (unpaired) electrons. The summed E-state index contributed by atoms with van der Waals surface area (Å²) >= 11 is 0. The SMILES string of the molecule is Cc1ccccc1C(O)(C1=C(C(O)(c2ccccc2C)c2ccccc2C)OCO1)c1ccccc1C. The highest BCUT2D eigenvalue weighted by molar-refractivity contribution is 5.55. The summed E-state index contributed by atoms with van der Waals surface area (Å²) in [6, 6.07) is 30.8. The zero-order valence-electron chi connectivity index (χ0n) is 21.7. The van der Waals surface area contributed by atoms with Crippen LogP contribution in [0.1, 0.15) is 44.5 Å². The van der Waals surface area contributed by atoms with Gasteiger partial charge in [-0.1, -0.05) is 97.1 Å². The van der Waals surface area contributed by atoms with Crippen LogP contribution in [-0.4, -0.2) is 17.0 Å².